The minimum atomic E-state index is -0.155. The largest absolute Gasteiger partial charge is 0.393 e. The molecule has 0 heterocycles. The SMILES string of the molecule is NC(=S)c1ccc(Cl)cc1NC1CCC(O)CC1. The van der Waals surface area contributed by atoms with E-state index in [0.29, 0.717) is 16.1 Å². The van der Waals surface area contributed by atoms with Crippen molar-refractivity contribution in [2.75, 3.05) is 5.32 Å². The minimum Gasteiger partial charge on any atom is -0.393 e. The first kappa shape index (κ1) is 13.6. The number of nitrogens with two attached hydrogens (primary N) is 1. The average molecular weight is 285 g/mol. The van der Waals surface area contributed by atoms with Gasteiger partial charge in [0.15, 0.2) is 0 Å². The van der Waals surface area contributed by atoms with Crippen LogP contribution in [0, 0.1) is 0 Å². The van der Waals surface area contributed by atoms with E-state index in [-0.39, 0.29) is 6.10 Å². The quantitative estimate of drug-likeness (QED) is 0.747. The molecule has 5 heteroatoms. The molecular weight excluding hydrogens is 268 g/mol. The molecule has 0 atom stereocenters. The van der Waals surface area contributed by atoms with E-state index >= 15 is 0 Å². The molecule has 1 saturated carbocycles. The van der Waals surface area contributed by atoms with Gasteiger partial charge in [-0.15, -0.1) is 0 Å². The molecule has 1 aromatic rings. The number of aliphatic hydroxyl groups excluding tert-OH is 1. The highest BCUT2D eigenvalue weighted by molar-refractivity contribution is 7.80. The van der Waals surface area contributed by atoms with Crippen LogP contribution in [-0.4, -0.2) is 22.2 Å². The lowest BCUT2D eigenvalue weighted by molar-refractivity contribution is 0.126. The normalized spacial score (nSPS) is 23.7. The third-order valence-electron chi connectivity index (χ3n) is 3.30. The maximum Gasteiger partial charge on any atom is 0.106 e. The zero-order valence-corrected chi connectivity index (χ0v) is 11.6. The zero-order valence-electron chi connectivity index (χ0n) is 10.0. The lowest BCUT2D eigenvalue weighted by atomic mass is 9.93. The molecular formula is C13H17ClN2OS. The minimum absolute atomic E-state index is 0.155. The van der Waals surface area contributed by atoms with Gasteiger partial charge >= 0.3 is 0 Å². The standard InChI is InChI=1S/C13H17ClN2OS/c14-8-1-6-11(13(15)18)12(7-8)16-9-2-4-10(17)5-3-9/h1,6-7,9-10,16-17H,2-5H2,(H2,15,18). The van der Waals surface area contributed by atoms with E-state index in [1.54, 1.807) is 6.07 Å². The number of hydrogen-bond acceptors (Lipinski definition) is 3. The van der Waals surface area contributed by atoms with Gasteiger partial charge in [0.2, 0.25) is 0 Å². The molecule has 0 spiro atoms. The lowest BCUT2D eigenvalue weighted by Gasteiger charge is -2.27. The Morgan fingerprint density at radius 3 is 2.61 bits per heavy atom. The summed E-state index contributed by atoms with van der Waals surface area (Å²) in [6.07, 6.45) is 3.41. The predicted molar refractivity (Wildman–Crippen MR) is 79.2 cm³/mol. The molecule has 1 aliphatic carbocycles. The Hall–Kier alpha value is -0.840. The van der Waals surface area contributed by atoms with Crippen molar-refractivity contribution in [2.45, 2.75) is 37.8 Å². The monoisotopic (exact) mass is 284 g/mol. The van der Waals surface area contributed by atoms with Crippen LogP contribution in [0.3, 0.4) is 0 Å². The Kier molecular flexibility index (Phi) is 4.43. The summed E-state index contributed by atoms with van der Waals surface area (Å²) < 4.78 is 0. The van der Waals surface area contributed by atoms with Crippen LogP contribution in [0.1, 0.15) is 31.2 Å². The number of anilines is 1. The molecule has 1 fully saturated rings. The maximum atomic E-state index is 9.49. The van der Waals surface area contributed by atoms with E-state index in [2.05, 4.69) is 5.32 Å². The fraction of sp³-hybridized carbons (Fsp3) is 0.462. The Morgan fingerprint density at radius 1 is 1.33 bits per heavy atom. The molecule has 1 aliphatic rings. The van der Waals surface area contributed by atoms with Gasteiger partial charge < -0.3 is 16.2 Å². The van der Waals surface area contributed by atoms with Crippen molar-refractivity contribution in [1.82, 2.24) is 0 Å². The molecule has 0 aromatic heterocycles. The Labute approximate surface area is 117 Å². The van der Waals surface area contributed by atoms with Crippen LogP contribution < -0.4 is 11.1 Å². The average Bonchev–Trinajstić information content (AvgIpc) is 2.32. The van der Waals surface area contributed by atoms with E-state index < -0.39 is 0 Å². The third-order valence-corrected chi connectivity index (χ3v) is 3.76. The highest BCUT2D eigenvalue weighted by atomic mass is 35.5. The van der Waals surface area contributed by atoms with Crippen molar-refractivity contribution < 1.29 is 5.11 Å². The first-order chi connectivity index (χ1) is 8.56. The van der Waals surface area contributed by atoms with Gasteiger partial charge in [-0.2, -0.15) is 0 Å². The van der Waals surface area contributed by atoms with Crippen LogP contribution in [0.25, 0.3) is 0 Å². The second-order valence-electron chi connectivity index (χ2n) is 4.70. The summed E-state index contributed by atoms with van der Waals surface area (Å²) in [5.41, 5.74) is 7.41. The van der Waals surface area contributed by atoms with Crippen LogP contribution >= 0.6 is 23.8 Å². The van der Waals surface area contributed by atoms with Gasteiger partial charge in [0.1, 0.15) is 4.99 Å². The zero-order chi connectivity index (χ0) is 13.1. The Bertz CT molecular complexity index is 445. The van der Waals surface area contributed by atoms with Crippen molar-refractivity contribution in [3.8, 4) is 0 Å². The molecule has 1 aromatic carbocycles. The highest BCUT2D eigenvalue weighted by Gasteiger charge is 2.20. The topological polar surface area (TPSA) is 58.3 Å². The van der Waals surface area contributed by atoms with Gasteiger partial charge in [0, 0.05) is 22.3 Å². The van der Waals surface area contributed by atoms with Gasteiger partial charge in [-0.1, -0.05) is 23.8 Å². The van der Waals surface area contributed by atoms with Crippen molar-refractivity contribution in [1.29, 1.82) is 0 Å². The fourth-order valence-corrected chi connectivity index (χ4v) is 2.64. The van der Waals surface area contributed by atoms with Crippen LogP contribution in [0.4, 0.5) is 5.69 Å². The molecule has 0 aliphatic heterocycles. The first-order valence-electron chi connectivity index (χ1n) is 6.10. The number of aliphatic hydroxyl groups is 1. The van der Waals surface area contributed by atoms with E-state index in [1.165, 1.54) is 0 Å². The number of halogens is 1. The number of hydrogen-bond donors (Lipinski definition) is 3. The molecule has 0 amide bonds. The van der Waals surface area contributed by atoms with Crippen LogP contribution in [0.5, 0.6) is 0 Å². The summed E-state index contributed by atoms with van der Waals surface area (Å²) >= 11 is 11.0. The number of thiocarbonyl (C=S) groups is 1. The smallest absolute Gasteiger partial charge is 0.106 e. The number of rotatable bonds is 3. The summed E-state index contributed by atoms with van der Waals surface area (Å²) in [6.45, 7) is 0. The van der Waals surface area contributed by atoms with Gasteiger partial charge in [0.25, 0.3) is 0 Å². The van der Waals surface area contributed by atoms with Crippen molar-refractivity contribution in [2.24, 2.45) is 5.73 Å². The van der Waals surface area contributed by atoms with E-state index in [0.717, 1.165) is 36.9 Å². The Balaban J connectivity index is 2.12. The summed E-state index contributed by atoms with van der Waals surface area (Å²) in [7, 11) is 0. The molecule has 0 bridgehead atoms. The summed E-state index contributed by atoms with van der Waals surface area (Å²) in [5.74, 6) is 0. The van der Waals surface area contributed by atoms with E-state index in [4.69, 9.17) is 29.6 Å². The molecule has 0 unspecified atom stereocenters. The number of nitrogens with one attached hydrogen (secondary N) is 1. The van der Waals surface area contributed by atoms with E-state index in [9.17, 15) is 5.11 Å². The van der Waals surface area contributed by atoms with Crippen molar-refractivity contribution >= 4 is 34.5 Å². The second kappa shape index (κ2) is 5.87. The molecule has 0 saturated heterocycles. The third kappa shape index (κ3) is 3.34. The second-order valence-corrected chi connectivity index (χ2v) is 5.58. The van der Waals surface area contributed by atoms with Gasteiger partial charge in [-0.05, 0) is 43.9 Å². The number of benzene rings is 1. The molecule has 3 nitrogen and oxygen atoms in total. The first-order valence-corrected chi connectivity index (χ1v) is 6.89. The van der Waals surface area contributed by atoms with Crippen LogP contribution in [-0.2, 0) is 0 Å². The lowest BCUT2D eigenvalue weighted by Crippen LogP contribution is -2.29. The van der Waals surface area contributed by atoms with Crippen LogP contribution in [0.15, 0.2) is 18.2 Å². The van der Waals surface area contributed by atoms with Crippen molar-refractivity contribution in [3.63, 3.8) is 0 Å². The predicted octanol–water partition coefficient (Wildman–Crippen LogP) is 2.69. The van der Waals surface area contributed by atoms with Crippen LogP contribution in [0.2, 0.25) is 5.02 Å². The van der Waals surface area contributed by atoms with Gasteiger partial charge in [-0.25, -0.2) is 0 Å². The summed E-state index contributed by atoms with van der Waals surface area (Å²) in [6, 6.07) is 5.82. The highest BCUT2D eigenvalue weighted by Crippen LogP contribution is 2.26. The molecule has 2 rings (SSSR count). The molecule has 18 heavy (non-hydrogen) atoms. The summed E-state index contributed by atoms with van der Waals surface area (Å²) in [4.78, 5) is 0.366. The molecule has 4 N–H and O–H groups in total. The van der Waals surface area contributed by atoms with Crippen molar-refractivity contribution in [3.05, 3.63) is 28.8 Å². The van der Waals surface area contributed by atoms with E-state index in [1.807, 2.05) is 12.1 Å². The molecule has 0 radical (unpaired) electrons. The summed E-state index contributed by atoms with van der Waals surface area (Å²) in [5, 5.41) is 13.6. The van der Waals surface area contributed by atoms with Gasteiger partial charge in [0.05, 0.1) is 6.10 Å². The Morgan fingerprint density at radius 2 is 2.00 bits per heavy atom. The molecule has 98 valence electrons. The van der Waals surface area contributed by atoms with Gasteiger partial charge in [-0.3, -0.25) is 0 Å². The fourth-order valence-electron chi connectivity index (χ4n) is 2.29. The maximum absolute atomic E-state index is 9.49.